The van der Waals surface area contributed by atoms with Gasteiger partial charge in [0.1, 0.15) is 5.82 Å². The molecule has 0 bridgehead atoms. The van der Waals surface area contributed by atoms with Crippen LogP contribution in [0, 0.1) is 0 Å². The van der Waals surface area contributed by atoms with E-state index < -0.39 is 0 Å². The Labute approximate surface area is 177 Å². The van der Waals surface area contributed by atoms with Gasteiger partial charge in [0.25, 0.3) is 0 Å². The summed E-state index contributed by atoms with van der Waals surface area (Å²) >= 11 is 6.10. The summed E-state index contributed by atoms with van der Waals surface area (Å²) in [7, 11) is 2.03. The topological polar surface area (TPSA) is 41.4 Å². The molecule has 6 heteroatoms. The predicted octanol–water partition coefficient (Wildman–Crippen LogP) is 4.11. The zero-order chi connectivity index (χ0) is 20.0. The zero-order valence-corrected chi connectivity index (χ0v) is 17.9. The van der Waals surface area contributed by atoms with Crippen LogP contribution in [-0.2, 0) is 17.3 Å². The quantitative estimate of drug-likeness (QED) is 0.758. The monoisotopic (exact) mass is 412 g/mol. The third-order valence-corrected chi connectivity index (χ3v) is 7.28. The van der Waals surface area contributed by atoms with E-state index >= 15 is 0 Å². The average Bonchev–Trinajstić information content (AvgIpc) is 3.34. The molecule has 5 rings (SSSR count). The van der Waals surface area contributed by atoms with Crippen molar-refractivity contribution in [1.82, 2.24) is 14.7 Å². The van der Waals surface area contributed by atoms with E-state index in [-0.39, 0.29) is 5.41 Å². The molecule has 2 saturated carbocycles. The largest absolute Gasteiger partial charge is 0.353 e. The lowest BCUT2D eigenvalue weighted by molar-refractivity contribution is -0.137. The number of benzene rings is 1. The molecule has 1 aromatic carbocycles. The van der Waals surface area contributed by atoms with Crippen molar-refractivity contribution in [3.8, 4) is 0 Å². The molecule has 3 fully saturated rings. The molecule has 29 heavy (non-hydrogen) atoms. The van der Waals surface area contributed by atoms with E-state index in [2.05, 4.69) is 28.0 Å². The van der Waals surface area contributed by atoms with Gasteiger partial charge in [-0.15, -0.1) is 0 Å². The molecule has 1 saturated heterocycles. The van der Waals surface area contributed by atoms with Crippen molar-refractivity contribution in [1.29, 1.82) is 0 Å². The second-order valence-corrected chi connectivity index (χ2v) is 9.34. The second-order valence-electron chi connectivity index (χ2n) is 8.90. The average molecular weight is 413 g/mol. The summed E-state index contributed by atoms with van der Waals surface area (Å²) in [6.45, 7) is 3.29. The fourth-order valence-corrected chi connectivity index (χ4v) is 5.29. The Hall–Kier alpha value is -2.01. The lowest BCUT2D eigenvalue weighted by Crippen LogP contribution is -2.54. The van der Waals surface area contributed by atoms with Gasteiger partial charge in [0.2, 0.25) is 5.91 Å². The number of carbonyl (C=O) groups is 1. The third kappa shape index (κ3) is 3.43. The van der Waals surface area contributed by atoms with Crippen LogP contribution in [0.3, 0.4) is 0 Å². The molecule has 3 aliphatic rings. The number of aryl methyl sites for hydroxylation is 1. The highest BCUT2D eigenvalue weighted by molar-refractivity contribution is 6.30. The van der Waals surface area contributed by atoms with Crippen molar-refractivity contribution in [3.05, 3.63) is 46.6 Å². The molecule has 0 N–H and O–H groups in total. The zero-order valence-electron chi connectivity index (χ0n) is 17.1. The molecule has 5 nitrogen and oxygen atoms in total. The fraction of sp³-hybridized carbons (Fsp3) is 0.565. The molecule has 1 amide bonds. The van der Waals surface area contributed by atoms with Crippen molar-refractivity contribution in [2.75, 3.05) is 31.1 Å². The van der Waals surface area contributed by atoms with Crippen LogP contribution in [0.5, 0.6) is 0 Å². The lowest BCUT2D eigenvalue weighted by atomic mass is 9.77. The summed E-state index contributed by atoms with van der Waals surface area (Å²) in [6, 6.07) is 10.2. The number of anilines is 1. The van der Waals surface area contributed by atoms with E-state index in [0.29, 0.717) is 11.8 Å². The second kappa shape index (κ2) is 7.35. The van der Waals surface area contributed by atoms with Crippen molar-refractivity contribution < 1.29 is 4.79 Å². The Kier molecular flexibility index (Phi) is 4.81. The van der Waals surface area contributed by atoms with Gasteiger partial charge in [-0.3, -0.25) is 9.48 Å². The minimum atomic E-state index is -0.363. The van der Waals surface area contributed by atoms with Gasteiger partial charge in [-0.05, 0) is 43.4 Å². The molecule has 1 aliphatic heterocycles. The molecule has 0 unspecified atom stereocenters. The van der Waals surface area contributed by atoms with Gasteiger partial charge in [-0.25, -0.2) is 0 Å². The molecular weight excluding hydrogens is 384 g/mol. The van der Waals surface area contributed by atoms with Gasteiger partial charge in [0, 0.05) is 50.2 Å². The Bertz CT molecular complexity index is 888. The number of hydrogen-bond donors (Lipinski definition) is 0. The Morgan fingerprint density at radius 2 is 1.72 bits per heavy atom. The number of carbonyl (C=O) groups excluding carboxylic acids is 1. The summed E-state index contributed by atoms with van der Waals surface area (Å²) in [4.78, 5) is 18.1. The van der Waals surface area contributed by atoms with Crippen molar-refractivity contribution in [2.24, 2.45) is 7.05 Å². The summed E-state index contributed by atoms with van der Waals surface area (Å²) in [5.74, 6) is 2.16. The number of aromatic nitrogens is 2. The van der Waals surface area contributed by atoms with Crippen LogP contribution in [0.4, 0.5) is 5.82 Å². The first-order chi connectivity index (χ1) is 14.1. The highest BCUT2D eigenvalue weighted by Gasteiger charge is 2.45. The van der Waals surface area contributed by atoms with Gasteiger partial charge >= 0.3 is 0 Å². The van der Waals surface area contributed by atoms with Crippen molar-refractivity contribution in [2.45, 2.75) is 49.9 Å². The molecule has 2 aliphatic carbocycles. The molecule has 0 atom stereocenters. The molecule has 0 spiro atoms. The molecular formula is C23H29ClN4O. The van der Waals surface area contributed by atoms with Crippen LogP contribution in [0.25, 0.3) is 0 Å². The maximum absolute atomic E-state index is 13.7. The summed E-state index contributed by atoms with van der Waals surface area (Å²) in [5.41, 5.74) is 2.00. The van der Waals surface area contributed by atoms with Gasteiger partial charge in [0.15, 0.2) is 0 Å². The summed E-state index contributed by atoms with van der Waals surface area (Å²) in [5, 5.41) is 5.43. The number of amides is 1. The number of piperazine rings is 1. The maximum Gasteiger partial charge on any atom is 0.233 e. The molecule has 0 radical (unpaired) electrons. The maximum atomic E-state index is 13.7. The first-order valence-corrected chi connectivity index (χ1v) is 11.3. The minimum absolute atomic E-state index is 0.306. The molecule has 154 valence electrons. The van der Waals surface area contributed by atoms with Crippen LogP contribution in [0.1, 0.15) is 55.7 Å². The van der Waals surface area contributed by atoms with E-state index in [4.69, 9.17) is 16.7 Å². The van der Waals surface area contributed by atoms with Gasteiger partial charge < -0.3 is 9.80 Å². The van der Waals surface area contributed by atoms with Crippen LogP contribution < -0.4 is 4.90 Å². The smallest absolute Gasteiger partial charge is 0.233 e. The molecule has 2 aromatic rings. The molecule has 2 heterocycles. The minimum Gasteiger partial charge on any atom is -0.353 e. The van der Waals surface area contributed by atoms with E-state index in [0.717, 1.165) is 62.4 Å². The third-order valence-electron chi connectivity index (χ3n) is 7.02. The summed E-state index contributed by atoms with van der Waals surface area (Å²) < 4.78 is 2.01. The van der Waals surface area contributed by atoms with Crippen LogP contribution in [-0.4, -0.2) is 46.8 Å². The first kappa shape index (κ1) is 19.0. The van der Waals surface area contributed by atoms with Gasteiger partial charge in [0.05, 0.1) is 11.1 Å². The molecule has 1 aromatic heterocycles. The number of nitrogens with zero attached hydrogens (tertiary/aromatic N) is 4. The number of halogens is 1. The number of hydrogen-bond acceptors (Lipinski definition) is 3. The Morgan fingerprint density at radius 1 is 1.07 bits per heavy atom. The normalized spacial score (nSPS) is 21.6. The van der Waals surface area contributed by atoms with Crippen LogP contribution >= 0.6 is 11.6 Å². The number of rotatable bonds is 4. The lowest BCUT2D eigenvalue weighted by Gasteiger charge is -2.40. The van der Waals surface area contributed by atoms with E-state index in [1.807, 2.05) is 23.9 Å². The standard InChI is InChI=1S/C23H29ClN4O/c1-26-21(16-20(25-26)17-4-5-17)27-12-14-28(15-13-27)22(29)23(10-2-3-11-23)18-6-8-19(24)9-7-18/h6-9,16-17H,2-5,10-15H2,1H3. The van der Waals surface area contributed by atoms with Crippen LogP contribution in [0.15, 0.2) is 30.3 Å². The summed E-state index contributed by atoms with van der Waals surface area (Å²) in [6.07, 6.45) is 6.66. The van der Waals surface area contributed by atoms with Gasteiger partial charge in [-0.2, -0.15) is 5.10 Å². The van der Waals surface area contributed by atoms with Gasteiger partial charge in [-0.1, -0.05) is 36.6 Å². The highest BCUT2D eigenvalue weighted by atomic mass is 35.5. The van der Waals surface area contributed by atoms with Crippen molar-refractivity contribution in [3.63, 3.8) is 0 Å². The van der Waals surface area contributed by atoms with E-state index in [9.17, 15) is 4.79 Å². The SMILES string of the molecule is Cn1nc(C2CC2)cc1N1CCN(C(=O)C2(c3ccc(Cl)cc3)CCCC2)CC1. The van der Waals surface area contributed by atoms with E-state index in [1.54, 1.807) is 0 Å². The van der Waals surface area contributed by atoms with Crippen molar-refractivity contribution >= 4 is 23.3 Å². The highest BCUT2D eigenvalue weighted by Crippen LogP contribution is 2.43. The Morgan fingerprint density at radius 3 is 2.34 bits per heavy atom. The Balaban J connectivity index is 1.30. The van der Waals surface area contributed by atoms with E-state index in [1.165, 1.54) is 24.4 Å². The first-order valence-electron chi connectivity index (χ1n) is 10.9. The van der Waals surface area contributed by atoms with Crippen LogP contribution in [0.2, 0.25) is 5.02 Å². The fourth-order valence-electron chi connectivity index (χ4n) is 5.17. The predicted molar refractivity (Wildman–Crippen MR) is 116 cm³/mol.